The number of rotatable bonds is 2. The lowest BCUT2D eigenvalue weighted by Gasteiger charge is -2.32. The van der Waals surface area contributed by atoms with E-state index in [1.165, 1.54) is 0 Å². The summed E-state index contributed by atoms with van der Waals surface area (Å²) in [5, 5.41) is 9.58. The monoisotopic (exact) mass is 160 g/mol. The zero-order chi connectivity index (χ0) is 8.27. The van der Waals surface area contributed by atoms with Crippen LogP contribution >= 0.6 is 0 Å². The first-order valence-electron chi connectivity index (χ1n) is 4.03. The summed E-state index contributed by atoms with van der Waals surface area (Å²) in [5.74, 6) is 0. The highest BCUT2D eigenvalue weighted by atomic mass is 16.5. The number of methoxy groups -OCH3 is 2. The van der Waals surface area contributed by atoms with Crippen molar-refractivity contribution in [3.05, 3.63) is 0 Å². The van der Waals surface area contributed by atoms with Gasteiger partial charge >= 0.3 is 0 Å². The molecule has 0 aliphatic heterocycles. The molecule has 0 saturated heterocycles. The predicted molar refractivity (Wildman–Crippen MR) is 41.5 cm³/mol. The van der Waals surface area contributed by atoms with Crippen LogP contribution in [0.3, 0.4) is 0 Å². The van der Waals surface area contributed by atoms with E-state index in [4.69, 9.17) is 9.47 Å². The summed E-state index contributed by atoms with van der Waals surface area (Å²) in [6, 6.07) is 0. The highest BCUT2D eigenvalue weighted by molar-refractivity contribution is 4.82. The largest absolute Gasteiger partial charge is 0.388 e. The summed E-state index contributed by atoms with van der Waals surface area (Å²) in [5.41, 5.74) is 0. The smallest absolute Gasteiger partial charge is 0.106 e. The van der Waals surface area contributed by atoms with Crippen LogP contribution in [0.5, 0.6) is 0 Å². The van der Waals surface area contributed by atoms with Crippen molar-refractivity contribution in [1.29, 1.82) is 0 Å². The van der Waals surface area contributed by atoms with E-state index < -0.39 is 6.10 Å². The lowest BCUT2D eigenvalue weighted by Crippen LogP contribution is -2.43. The molecule has 1 aliphatic carbocycles. The second-order valence-electron chi connectivity index (χ2n) is 2.97. The Hall–Kier alpha value is -0.120. The van der Waals surface area contributed by atoms with Crippen molar-refractivity contribution < 1.29 is 14.6 Å². The maximum Gasteiger partial charge on any atom is 0.106 e. The predicted octanol–water partition coefficient (Wildman–Crippen LogP) is 0.561. The summed E-state index contributed by atoms with van der Waals surface area (Å²) < 4.78 is 10.2. The minimum absolute atomic E-state index is 0.0336. The van der Waals surface area contributed by atoms with Crippen LogP contribution in [0.1, 0.15) is 19.3 Å². The molecule has 1 fully saturated rings. The quantitative estimate of drug-likeness (QED) is 0.641. The fraction of sp³-hybridized carbons (Fsp3) is 1.00. The molecule has 3 heteroatoms. The minimum atomic E-state index is -0.446. The Morgan fingerprint density at radius 3 is 1.91 bits per heavy atom. The molecule has 3 atom stereocenters. The summed E-state index contributed by atoms with van der Waals surface area (Å²) in [4.78, 5) is 0. The van der Waals surface area contributed by atoms with Gasteiger partial charge in [-0.25, -0.2) is 0 Å². The molecule has 1 saturated carbocycles. The van der Waals surface area contributed by atoms with Crippen molar-refractivity contribution in [1.82, 2.24) is 0 Å². The molecular weight excluding hydrogens is 144 g/mol. The molecule has 0 spiro atoms. The summed E-state index contributed by atoms with van der Waals surface area (Å²) >= 11 is 0. The SMILES string of the molecule is CO[C@H]1CCC[C@@H](OC)C1O. The maximum atomic E-state index is 9.58. The average molecular weight is 160 g/mol. The molecular formula is C8H16O3. The fourth-order valence-corrected chi connectivity index (χ4v) is 1.62. The van der Waals surface area contributed by atoms with Crippen molar-refractivity contribution in [3.8, 4) is 0 Å². The highest BCUT2D eigenvalue weighted by Gasteiger charge is 2.31. The molecule has 0 aromatic carbocycles. The number of hydrogen-bond acceptors (Lipinski definition) is 3. The van der Waals surface area contributed by atoms with Crippen LogP contribution in [-0.4, -0.2) is 37.6 Å². The van der Waals surface area contributed by atoms with Gasteiger partial charge in [0, 0.05) is 14.2 Å². The van der Waals surface area contributed by atoms with Crippen LogP contribution in [0.4, 0.5) is 0 Å². The van der Waals surface area contributed by atoms with Crippen molar-refractivity contribution in [2.24, 2.45) is 0 Å². The second kappa shape index (κ2) is 4.04. The topological polar surface area (TPSA) is 38.7 Å². The number of hydrogen-bond donors (Lipinski definition) is 1. The molecule has 0 aromatic rings. The van der Waals surface area contributed by atoms with Gasteiger partial charge in [-0.3, -0.25) is 0 Å². The van der Waals surface area contributed by atoms with E-state index in [2.05, 4.69) is 0 Å². The molecule has 3 nitrogen and oxygen atoms in total. The van der Waals surface area contributed by atoms with Gasteiger partial charge in [-0.05, 0) is 19.3 Å². The van der Waals surface area contributed by atoms with Gasteiger partial charge in [0.05, 0.1) is 12.2 Å². The van der Waals surface area contributed by atoms with Crippen LogP contribution in [0.15, 0.2) is 0 Å². The fourth-order valence-electron chi connectivity index (χ4n) is 1.62. The molecule has 0 aromatic heterocycles. The van der Waals surface area contributed by atoms with E-state index in [1.54, 1.807) is 14.2 Å². The number of aliphatic hydroxyl groups excluding tert-OH is 1. The summed E-state index contributed by atoms with van der Waals surface area (Å²) in [7, 11) is 3.26. The van der Waals surface area contributed by atoms with Crippen LogP contribution in [-0.2, 0) is 9.47 Å². The van der Waals surface area contributed by atoms with Gasteiger partial charge in [0.15, 0.2) is 0 Å². The van der Waals surface area contributed by atoms with Gasteiger partial charge in [-0.1, -0.05) is 0 Å². The first-order chi connectivity index (χ1) is 5.29. The van der Waals surface area contributed by atoms with Gasteiger partial charge in [0.2, 0.25) is 0 Å². The second-order valence-corrected chi connectivity index (χ2v) is 2.97. The van der Waals surface area contributed by atoms with Crippen molar-refractivity contribution in [2.45, 2.75) is 37.6 Å². The van der Waals surface area contributed by atoms with Crippen LogP contribution < -0.4 is 0 Å². The third-order valence-corrected chi connectivity index (χ3v) is 2.34. The molecule has 66 valence electrons. The molecule has 1 N–H and O–H groups in total. The van der Waals surface area contributed by atoms with E-state index in [0.717, 1.165) is 19.3 Å². The Balaban J connectivity index is 2.45. The Labute approximate surface area is 67.3 Å². The molecule has 0 bridgehead atoms. The van der Waals surface area contributed by atoms with Crippen LogP contribution in [0.2, 0.25) is 0 Å². The Bertz CT molecular complexity index is 104. The van der Waals surface area contributed by atoms with Gasteiger partial charge in [0.25, 0.3) is 0 Å². The van der Waals surface area contributed by atoms with Gasteiger partial charge in [-0.15, -0.1) is 0 Å². The van der Waals surface area contributed by atoms with Crippen molar-refractivity contribution in [3.63, 3.8) is 0 Å². The first kappa shape index (κ1) is 8.97. The number of ether oxygens (including phenoxy) is 2. The molecule has 1 unspecified atom stereocenters. The maximum absolute atomic E-state index is 9.58. The summed E-state index contributed by atoms with van der Waals surface area (Å²) in [6.45, 7) is 0. The van der Waals surface area contributed by atoms with Crippen molar-refractivity contribution >= 4 is 0 Å². The average Bonchev–Trinajstić information content (AvgIpc) is 2.05. The van der Waals surface area contributed by atoms with Gasteiger partial charge < -0.3 is 14.6 Å². The third kappa shape index (κ3) is 1.92. The number of aliphatic hydroxyl groups is 1. The van der Waals surface area contributed by atoms with E-state index in [9.17, 15) is 5.11 Å². The van der Waals surface area contributed by atoms with E-state index in [0.29, 0.717) is 0 Å². The molecule has 1 rings (SSSR count). The lowest BCUT2D eigenvalue weighted by atomic mass is 9.92. The minimum Gasteiger partial charge on any atom is -0.388 e. The molecule has 11 heavy (non-hydrogen) atoms. The first-order valence-corrected chi connectivity index (χ1v) is 4.03. The Morgan fingerprint density at radius 2 is 1.55 bits per heavy atom. The standard InChI is InChI=1S/C8H16O3/c1-10-6-4-3-5-7(11-2)8(6)9/h6-9H,3-5H2,1-2H3/t6-,7+,8?. The van der Waals surface area contributed by atoms with E-state index in [1.807, 2.05) is 0 Å². The lowest BCUT2D eigenvalue weighted by molar-refractivity contribution is -0.112. The molecule has 0 amide bonds. The van der Waals surface area contributed by atoms with E-state index in [-0.39, 0.29) is 12.2 Å². The highest BCUT2D eigenvalue weighted by Crippen LogP contribution is 2.22. The third-order valence-electron chi connectivity index (χ3n) is 2.34. The Kier molecular flexibility index (Phi) is 3.30. The van der Waals surface area contributed by atoms with Crippen LogP contribution in [0, 0.1) is 0 Å². The molecule has 1 aliphatic rings. The van der Waals surface area contributed by atoms with Gasteiger partial charge in [-0.2, -0.15) is 0 Å². The van der Waals surface area contributed by atoms with Gasteiger partial charge in [0.1, 0.15) is 6.10 Å². The van der Waals surface area contributed by atoms with E-state index >= 15 is 0 Å². The normalized spacial score (nSPS) is 39.0. The Morgan fingerprint density at radius 1 is 1.09 bits per heavy atom. The molecule has 0 radical (unpaired) electrons. The molecule has 0 heterocycles. The van der Waals surface area contributed by atoms with Crippen LogP contribution in [0.25, 0.3) is 0 Å². The zero-order valence-electron chi connectivity index (χ0n) is 7.12. The summed E-state index contributed by atoms with van der Waals surface area (Å²) in [6.07, 6.45) is 2.45. The van der Waals surface area contributed by atoms with Crippen molar-refractivity contribution in [2.75, 3.05) is 14.2 Å². The zero-order valence-corrected chi connectivity index (χ0v) is 7.12.